The van der Waals surface area contributed by atoms with Crippen molar-refractivity contribution in [1.29, 1.82) is 0 Å². The van der Waals surface area contributed by atoms with E-state index in [-0.39, 0.29) is 11.8 Å². The van der Waals surface area contributed by atoms with Crippen molar-refractivity contribution in [3.63, 3.8) is 0 Å². The highest BCUT2D eigenvalue weighted by molar-refractivity contribution is 6.31. The molecule has 1 amide bonds. The second-order valence-electron chi connectivity index (χ2n) is 4.00. The number of carbonyl (C=O) groups excluding carboxylic acids is 1. The molecule has 1 atom stereocenters. The molecule has 16 heavy (non-hydrogen) atoms. The lowest BCUT2D eigenvalue weighted by molar-refractivity contribution is -0.124. The van der Waals surface area contributed by atoms with Gasteiger partial charge in [0.15, 0.2) is 0 Å². The summed E-state index contributed by atoms with van der Waals surface area (Å²) < 4.78 is 0. The molecular weight excluding hydrogens is 222 g/mol. The molecule has 1 unspecified atom stereocenters. The minimum Gasteiger partial charge on any atom is -0.352 e. The number of hydrogen-bond acceptors (Lipinski definition) is 1. The Hall–Kier alpha value is -1.02. The number of benzene rings is 1. The Kier molecular flexibility index (Phi) is 5.33. The largest absolute Gasteiger partial charge is 0.352 e. The molecule has 0 heterocycles. The third kappa shape index (κ3) is 3.86. The summed E-state index contributed by atoms with van der Waals surface area (Å²) in [7, 11) is 0. The van der Waals surface area contributed by atoms with Gasteiger partial charge in [-0.05, 0) is 18.1 Å². The molecule has 0 fully saturated rings. The highest BCUT2D eigenvalue weighted by Gasteiger charge is 2.11. The molecule has 0 radical (unpaired) electrons. The third-order valence-corrected chi connectivity index (χ3v) is 2.95. The van der Waals surface area contributed by atoms with Crippen LogP contribution in [0.1, 0.15) is 32.3 Å². The lowest BCUT2D eigenvalue weighted by atomic mass is 10.1. The minimum atomic E-state index is 0.0764. The quantitative estimate of drug-likeness (QED) is 0.839. The SMILES string of the molecule is CCCC(C)C(=O)NCc1ccccc1Cl. The first kappa shape index (κ1) is 13.0. The van der Waals surface area contributed by atoms with Crippen LogP contribution in [-0.4, -0.2) is 5.91 Å². The maximum atomic E-state index is 11.7. The summed E-state index contributed by atoms with van der Waals surface area (Å²) in [5, 5.41) is 3.60. The van der Waals surface area contributed by atoms with E-state index in [1.807, 2.05) is 31.2 Å². The van der Waals surface area contributed by atoms with Crippen molar-refractivity contribution in [2.24, 2.45) is 5.92 Å². The summed E-state index contributed by atoms with van der Waals surface area (Å²) in [6.07, 6.45) is 1.95. The summed E-state index contributed by atoms with van der Waals surface area (Å²) in [4.78, 5) is 11.7. The summed E-state index contributed by atoms with van der Waals surface area (Å²) in [6.45, 7) is 4.54. The van der Waals surface area contributed by atoms with E-state index in [2.05, 4.69) is 12.2 Å². The van der Waals surface area contributed by atoms with Crippen LogP contribution in [0.2, 0.25) is 5.02 Å². The second-order valence-corrected chi connectivity index (χ2v) is 4.41. The standard InChI is InChI=1S/C13H18ClNO/c1-3-6-10(2)13(16)15-9-11-7-4-5-8-12(11)14/h4-5,7-8,10H,3,6,9H2,1-2H3,(H,15,16). The van der Waals surface area contributed by atoms with Crippen LogP contribution in [0.4, 0.5) is 0 Å². The molecule has 0 bridgehead atoms. The van der Waals surface area contributed by atoms with Gasteiger partial charge in [0.05, 0.1) is 0 Å². The molecule has 2 nitrogen and oxygen atoms in total. The first-order valence-electron chi connectivity index (χ1n) is 5.66. The van der Waals surface area contributed by atoms with Gasteiger partial charge in [-0.2, -0.15) is 0 Å². The van der Waals surface area contributed by atoms with E-state index in [0.29, 0.717) is 11.6 Å². The lowest BCUT2D eigenvalue weighted by Gasteiger charge is -2.11. The highest BCUT2D eigenvalue weighted by atomic mass is 35.5. The topological polar surface area (TPSA) is 29.1 Å². The molecule has 1 rings (SSSR count). The van der Waals surface area contributed by atoms with Crippen molar-refractivity contribution in [1.82, 2.24) is 5.32 Å². The molecule has 0 saturated carbocycles. The van der Waals surface area contributed by atoms with Crippen LogP contribution in [-0.2, 0) is 11.3 Å². The Balaban J connectivity index is 2.46. The number of amides is 1. The summed E-state index contributed by atoms with van der Waals surface area (Å²) in [5.41, 5.74) is 0.959. The first-order chi connectivity index (χ1) is 7.65. The molecule has 0 saturated heterocycles. The fourth-order valence-electron chi connectivity index (χ4n) is 1.56. The minimum absolute atomic E-state index is 0.0764. The lowest BCUT2D eigenvalue weighted by Crippen LogP contribution is -2.28. The van der Waals surface area contributed by atoms with Gasteiger partial charge in [-0.3, -0.25) is 4.79 Å². The zero-order chi connectivity index (χ0) is 12.0. The molecule has 0 aromatic heterocycles. The van der Waals surface area contributed by atoms with Crippen LogP contribution in [0, 0.1) is 5.92 Å². The van der Waals surface area contributed by atoms with Crippen LogP contribution in [0.25, 0.3) is 0 Å². The van der Waals surface area contributed by atoms with Crippen LogP contribution in [0.5, 0.6) is 0 Å². The van der Waals surface area contributed by atoms with Crippen molar-refractivity contribution >= 4 is 17.5 Å². The Bertz CT molecular complexity index is 352. The van der Waals surface area contributed by atoms with Crippen molar-refractivity contribution in [3.8, 4) is 0 Å². The van der Waals surface area contributed by atoms with Crippen molar-refractivity contribution < 1.29 is 4.79 Å². The smallest absolute Gasteiger partial charge is 0.223 e. The Morgan fingerprint density at radius 2 is 2.12 bits per heavy atom. The number of hydrogen-bond donors (Lipinski definition) is 1. The average molecular weight is 240 g/mol. The average Bonchev–Trinajstić information content (AvgIpc) is 2.28. The molecule has 0 aliphatic rings. The van der Waals surface area contributed by atoms with Gasteiger partial charge in [0, 0.05) is 17.5 Å². The summed E-state index contributed by atoms with van der Waals surface area (Å²) in [6, 6.07) is 7.56. The van der Waals surface area contributed by atoms with Gasteiger partial charge in [-0.25, -0.2) is 0 Å². The Morgan fingerprint density at radius 1 is 1.44 bits per heavy atom. The van der Waals surface area contributed by atoms with Gasteiger partial charge in [0.2, 0.25) is 5.91 Å². The molecule has 0 spiro atoms. The molecule has 1 aromatic rings. The summed E-state index contributed by atoms with van der Waals surface area (Å²) >= 11 is 6.00. The van der Waals surface area contributed by atoms with Crippen molar-refractivity contribution in [3.05, 3.63) is 34.9 Å². The van der Waals surface area contributed by atoms with Gasteiger partial charge in [-0.1, -0.05) is 50.1 Å². The first-order valence-corrected chi connectivity index (χ1v) is 6.04. The molecular formula is C13H18ClNO. The fourth-order valence-corrected chi connectivity index (χ4v) is 1.76. The number of carbonyl (C=O) groups is 1. The van der Waals surface area contributed by atoms with Crippen molar-refractivity contribution in [2.45, 2.75) is 33.2 Å². The normalized spacial score (nSPS) is 12.2. The molecule has 0 aliphatic carbocycles. The molecule has 0 aliphatic heterocycles. The van der Waals surface area contributed by atoms with Gasteiger partial charge in [0.1, 0.15) is 0 Å². The Labute approximate surface area is 102 Å². The third-order valence-electron chi connectivity index (χ3n) is 2.58. The molecule has 1 N–H and O–H groups in total. The van der Waals surface area contributed by atoms with Gasteiger partial charge < -0.3 is 5.32 Å². The highest BCUT2D eigenvalue weighted by Crippen LogP contribution is 2.14. The van der Waals surface area contributed by atoms with Gasteiger partial charge in [0.25, 0.3) is 0 Å². The van der Waals surface area contributed by atoms with Gasteiger partial charge >= 0.3 is 0 Å². The van der Waals surface area contributed by atoms with Crippen LogP contribution in [0.15, 0.2) is 24.3 Å². The monoisotopic (exact) mass is 239 g/mol. The zero-order valence-electron chi connectivity index (χ0n) is 9.79. The van der Waals surface area contributed by atoms with E-state index in [4.69, 9.17) is 11.6 Å². The van der Waals surface area contributed by atoms with E-state index in [9.17, 15) is 4.79 Å². The van der Waals surface area contributed by atoms with Crippen LogP contribution >= 0.6 is 11.6 Å². The second kappa shape index (κ2) is 6.54. The molecule has 3 heteroatoms. The number of rotatable bonds is 5. The number of nitrogens with one attached hydrogen (secondary N) is 1. The zero-order valence-corrected chi connectivity index (χ0v) is 10.6. The van der Waals surface area contributed by atoms with Crippen molar-refractivity contribution in [2.75, 3.05) is 0 Å². The number of halogens is 1. The van der Waals surface area contributed by atoms with E-state index in [0.717, 1.165) is 18.4 Å². The van der Waals surface area contributed by atoms with E-state index < -0.39 is 0 Å². The molecule has 88 valence electrons. The van der Waals surface area contributed by atoms with E-state index in [1.54, 1.807) is 0 Å². The predicted molar refractivity (Wildman–Crippen MR) is 67.4 cm³/mol. The Morgan fingerprint density at radius 3 is 2.75 bits per heavy atom. The molecule has 1 aromatic carbocycles. The maximum absolute atomic E-state index is 11.7. The van der Waals surface area contributed by atoms with Gasteiger partial charge in [-0.15, -0.1) is 0 Å². The predicted octanol–water partition coefficient (Wildman–Crippen LogP) is 3.39. The maximum Gasteiger partial charge on any atom is 0.223 e. The fraction of sp³-hybridized carbons (Fsp3) is 0.462. The van der Waals surface area contributed by atoms with E-state index >= 15 is 0 Å². The van der Waals surface area contributed by atoms with E-state index in [1.165, 1.54) is 0 Å². The summed E-state index contributed by atoms with van der Waals surface area (Å²) in [5.74, 6) is 0.175. The van der Waals surface area contributed by atoms with Crippen LogP contribution < -0.4 is 5.32 Å². The van der Waals surface area contributed by atoms with Crippen LogP contribution in [0.3, 0.4) is 0 Å².